The molecule has 1 fully saturated rings. The zero-order valence-corrected chi connectivity index (χ0v) is 13.3. The lowest BCUT2D eigenvalue weighted by Crippen LogP contribution is -2.30. The molecule has 2 rings (SSSR count). The van der Waals surface area contributed by atoms with Gasteiger partial charge in [0.05, 0.1) is 11.7 Å². The zero-order valence-electron chi connectivity index (χ0n) is 10.1. The highest BCUT2D eigenvalue weighted by Crippen LogP contribution is 2.32. The maximum absolute atomic E-state index is 4.50. The molecule has 0 aromatic carbocycles. The first-order chi connectivity index (χ1) is 7.18. The van der Waals surface area contributed by atoms with Crippen LogP contribution in [0.25, 0.3) is 0 Å². The minimum absolute atomic E-state index is 0. The summed E-state index contributed by atoms with van der Waals surface area (Å²) in [5.74, 6) is 0. The molecule has 0 amide bonds. The highest BCUT2D eigenvalue weighted by molar-refractivity contribution is 9.10. The van der Waals surface area contributed by atoms with Crippen LogP contribution in [0.4, 0.5) is 0 Å². The third kappa shape index (κ3) is 4.09. The Morgan fingerprint density at radius 3 is 2.59 bits per heavy atom. The summed E-state index contributed by atoms with van der Waals surface area (Å²) in [4.78, 5) is 7.04. The molecule has 1 saturated heterocycles. The molecule has 0 N–H and O–H groups in total. The lowest BCUT2D eigenvalue weighted by atomic mass is 10.1. The number of nitrogens with zero attached hydrogens (tertiary/aromatic N) is 2. The lowest BCUT2D eigenvalue weighted by molar-refractivity contribution is 0.202. The third-order valence-corrected chi connectivity index (χ3v) is 3.52. The topological polar surface area (TPSA) is 16.1 Å². The van der Waals surface area contributed by atoms with Gasteiger partial charge in [0.25, 0.3) is 0 Å². The molecule has 2 nitrogen and oxygen atoms in total. The van der Waals surface area contributed by atoms with Crippen LogP contribution in [0.1, 0.15) is 38.4 Å². The van der Waals surface area contributed by atoms with Crippen LogP contribution in [0.2, 0.25) is 0 Å². The molecule has 1 aliphatic heterocycles. The molecule has 98 valence electrons. The fourth-order valence-corrected chi connectivity index (χ4v) is 2.54. The number of hydrogen-bond acceptors (Lipinski definition) is 2. The van der Waals surface area contributed by atoms with Crippen molar-refractivity contribution in [3.63, 3.8) is 0 Å². The predicted molar refractivity (Wildman–Crippen MR) is 80.3 cm³/mol. The van der Waals surface area contributed by atoms with Crippen LogP contribution >= 0.6 is 40.7 Å². The first-order valence-corrected chi connectivity index (χ1v) is 6.35. The van der Waals surface area contributed by atoms with Crippen LogP contribution in [-0.4, -0.2) is 22.5 Å². The molecule has 1 aliphatic rings. The molecule has 0 aliphatic carbocycles. The Bertz CT molecular complexity index is 330. The van der Waals surface area contributed by atoms with E-state index in [0.29, 0.717) is 12.1 Å². The number of likely N-dealkylation sites (tertiary alicyclic amines) is 1. The Kier molecular flexibility index (Phi) is 7.65. The summed E-state index contributed by atoms with van der Waals surface area (Å²) >= 11 is 3.42. The van der Waals surface area contributed by atoms with Gasteiger partial charge >= 0.3 is 0 Å². The first-order valence-electron chi connectivity index (χ1n) is 5.55. The fraction of sp³-hybridized carbons (Fsp3) is 0.583. The fourth-order valence-electron chi connectivity index (χ4n) is 2.31. The molecule has 2 heterocycles. The van der Waals surface area contributed by atoms with Gasteiger partial charge in [-0.2, -0.15) is 0 Å². The summed E-state index contributed by atoms with van der Waals surface area (Å²) in [6.07, 6.45) is 4.43. The van der Waals surface area contributed by atoms with Crippen LogP contribution in [0.3, 0.4) is 0 Å². The Hall–Kier alpha value is 0.170. The maximum atomic E-state index is 4.50. The minimum atomic E-state index is 0. The Morgan fingerprint density at radius 2 is 2.06 bits per heavy atom. The van der Waals surface area contributed by atoms with Crippen molar-refractivity contribution in [1.82, 2.24) is 9.88 Å². The van der Waals surface area contributed by atoms with Gasteiger partial charge in [-0.3, -0.25) is 9.88 Å². The second-order valence-corrected chi connectivity index (χ2v) is 5.31. The summed E-state index contributed by atoms with van der Waals surface area (Å²) in [5, 5.41) is 0. The van der Waals surface area contributed by atoms with Crippen molar-refractivity contribution in [1.29, 1.82) is 0 Å². The Labute approximate surface area is 124 Å². The van der Waals surface area contributed by atoms with Gasteiger partial charge in [-0.05, 0) is 61.3 Å². The minimum Gasteiger partial charge on any atom is -0.292 e. The molecular weight excluding hydrogens is 323 g/mol. The summed E-state index contributed by atoms with van der Waals surface area (Å²) < 4.78 is 1.06. The van der Waals surface area contributed by atoms with E-state index in [1.165, 1.54) is 25.1 Å². The second-order valence-electron chi connectivity index (χ2n) is 4.39. The standard InChI is InChI=1S/C12H17BrN2.2ClH/c1-9(2)15-7-3-4-12(15)11-6-5-10(13)8-14-11;;/h5-6,8-9,12H,3-4,7H2,1-2H3;2*1H. The largest absolute Gasteiger partial charge is 0.292 e. The zero-order chi connectivity index (χ0) is 10.8. The average molecular weight is 342 g/mol. The van der Waals surface area contributed by atoms with E-state index in [1.54, 1.807) is 0 Å². The highest BCUT2D eigenvalue weighted by atomic mass is 79.9. The number of pyridine rings is 1. The maximum Gasteiger partial charge on any atom is 0.0576 e. The van der Waals surface area contributed by atoms with E-state index in [4.69, 9.17) is 0 Å². The van der Waals surface area contributed by atoms with Gasteiger partial charge < -0.3 is 0 Å². The molecule has 1 unspecified atom stereocenters. The lowest BCUT2D eigenvalue weighted by Gasteiger charge is -2.27. The van der Waals surface area contributed by atoms with E-state index in [1.807, 2.05) is 6.20 Å². The Balaban J connectivity index is 0.00000128. The summed E-state index contributed by atoms with van der Waals surface area (Å²) in [6, 6.07) is 5.36. The normalized spacial score (nSPS) is 19.9. The van der Waals surface area contributed by atoms with Crippen molar-refractivity contribution in [3.05, 3.63) is 28.5 Å². The van der Waals surface area contributed by atoms with Gasteiger partial charge in [0.2, 0.25) is 0 Å². The van der Waals surface area contributed by atoms with Gasteiger partial charge in [-0.25, -0.2) is 0 Å². The van der Waals surface area contributed by atoms with E-state index in [2.05, 4.69) is 51.8 Å². The first kappa shape index (κ1) is 17.2. The Morgan fingerprint density at radius 1 is 1.35 bits per heavy atom. The van der Waals surface area contributed by atoms with Gasteiger partial charge in [0.1, 0.15) is 0 Å². The quantitative estimate of drug-likeness (QED) is 0.800. The third-order valence-electron chi connectivity index (χ3n) is 3.05. The predicted octanol–water partition coefficient (Wildman–Crippen LogP) is 4.23. The van der Waals surface area contributed by atoms with Crippen molar-refractivity contribution in [2.45, 2.75) is 38.8 Å². The molecule has 0 radical (unpaired) electrons. The molecule has 1 aromatic heterocycles. The van der Waals surface area contributed by atoms with E-state index in [9.17, 15) is 0 Å². The van der Waals surface area contributed by atoms with Crippen molar-refractivity contribution >= 4 is 40.7 Å². The summed E-state index contributed by atoms with van der Waals surface area (Å²) in [5.41, 5.74) is 1.21. The molecule has 17 heavy (non-hydrogen) atoms. The molecule has 1 atom stereocenters. The van der Waals surface area contributed by atoms with Crippen LogP contribution in [0.5, 0.6) is 0 Å². The van der Waals surface area contributed by atoms with Gasteiger partial charge in [-0.15, -0.1) is 24.8 Å². The molecule has 1 aromatic rings. The van der Waals surface area contributed by atoms with Gasteiger partial charge in [0, 0.05) is 16.7 Å². The van der Waals surface area contributed by atoms with Crippen LogP contribution in [0, 0.1) is 0 Å². The van der Waals surface area contributed by atoms with Crippen LogP contribution in [0.15, 0.2) is 22.8 Å². The van der Waals surface area contributed by atoms with Crippen molar-refractivity contribution in [2.24, 2.45) is 0 Å². The number of hydrogen-bond donors (Lipinski definition) is 0. The molecule has 0 saturated carbocycles. The molecule has 0 bridgehead atoms. The highest BCUT2D eigenvalue weighted by Gasteiger charge is 2.28. The molecular formula is C12H19BrCl2N2. The number of halogens is 3. The van der Waals surface area contributed by atoms with Crippen molar-refractivity contribution < 1.29 is 0 Å². The molecule has 5 heteroatoms. The van der Waals surface area contributed by atoms with Gasteiger partial charge in [-0.1, -0.05) is 0 Å². The second kappa shape index (κ2) is 7.57. The number of aromatic nitrogens is 1. The van der Waals surface area contributed by atoms with Gasteiger partial charge in [0.15, 0.2) is 0 Å². The smallest absolute Gasteiger partial charge is 0.0576 e. The summed E-state index contributed by atoms with van der Waals surface area (Å²) in [7, 11) is 0. The van der Waals surface area contributed by atoms with Crippen LogP contribution < -0.4 is 0 Å². The van der Waals surface area contributed by atoms with E-state index in [-0.39, 0.29) is 24.8 Å². The van der Waals surface area contributed by atoms with Crippen molar-refractivity contribution in [3.8, 4) is 0 Å². The average Bonchev–Trinajstić information content (AvgIpc) is 2.67. The van der Waals surface area contributed by atoms with E-state index in [0.717, 1.165) is 4.47 Å². The SMILES string of the molecule is CC(C)N1CCCC1c1ccc(Br)cn1.Cl.Cl. The summed E-state index contributed by atoms with van der Waals surface area (Å²) in [6.45, 7) is 5.73. The van der Waals surface area contributed by atoms with E-state index >= 15 is 0 Å². The van der Waals surface area contributed by atoms with E-state index < -0.39 is 0 Å². The monoisotopic (exact) mass is 340 g/mol. The number of rotatable bonds is 2. The van der Waals surface area contributed by atoms with Crippen molar-refractivity contribution in [2.75, 3.05) is 6.54 Å². The van der Waals surface area contributed by atoms with Crippen LogP contribution in [-0.2, 0) is 0 Å². The molecule has 0 spiro atoms.